The van der Waals surface area contributed by atoms with Gasteiger partial charge in [0.1, 0.15) is 0 Å². The van der Waals surface area contributed by atoms with Crippen LogP contribution in [-0.2, 0) is 17.1 Å². The van der Waals surface area contributed by atoms with Crippen LogP contribution < -0.4 is 0 Å². The second kappa shape index (κ2) is 43.6. The summed E-state index contributed by atoms with van der Waals surface area (Å²) in [4.78, 5) is 0. The molecule has 0 spiro atoms. The van der Waals surface area contributed by atoms with E-state index < -0.39 is 0 Å². The zero-order chi connectivity index (χ0) is 0. The predicted molar refractivity (Wildman–Crippen MR) is 29.3 cm³/mol. The third-order valence-corrected chi connectivity index (χ3v) is 0. The molecule has 1 atom stereocenters. The molecular weight excluding hydrogens is 154 g/mol. The summed E-state index contributed by atoms with van der Waals surface area (Å²) in [6.07, 6.45) is 0. The first-order chi connectivity index (χ1) is 0. The number of rotatable bonds is 0. The second-order valence-corrected chi connectivity index (χ2v) is 0. The summed E-state index contributed by atoms with van der Waals surface area (Å²) in [5.74, 6) is 0. The third-order valence-electron chi connectivity index (χ3n) is 0. The summed E-state index contributed by atoms with van der Waals surface area (Å²) in [6.45, 7) is 0. The monoisotopic (exact) mass is 161 g/mol. The van der Waals surface area contributed by atoms with Gasteiger partial charge in [0.15, 0.2) is 0 Å². The molecule has 0 amide bonds. The molecule has 0 fully saturated rings. The first kappa shape index (κ1) is 75.4. The fraction of sp³-hybridized carbons (Fsp3) is 1.00. The predicted octanol–water partition coefficient (Wildman–Crippen LogP) is -0.0699. The molecule has 1 unspecified atom stereocenters. The summed E-state index contributed by atoms with van der Waals surface area (Å²) in [5.41, 5.74) is 0. The van der Waals surface area contributed by atoms with Gasteiger partial charge in [-0.25, -0.2) is 0 Å². The van der Waals surface area contributed by atoms with Crippen molar-refractivity contribution in [2.45, 2.75) is 7.43 Å². The molecule has 0 saturated heterocycles. The Bertz CT molecular complexity index is 11.6. The van der Waals surface area contributed by atoms with E-state index in [1.165, 1.54) is 0 Å². The van der Waals surface area contributed by atoms with Crippen LogP contribution in [0.4, 0.5) is 0 Å². The molecule has 0 nitrogen and oxygen atoms in total. The van der Waals surface area contributed by atoms with E-state index in [2.05, 4.69) is 0 Å². The standard InChI is InChI=1S/CH4.Al.Fe.H3P.Si/h1H4;;;1H3;. The Balaban J connectivity index is 0. The maximum Gasteiger partial charge on any atom is 0 e. The first-order valence-electron chi connectivity index (χ1n) is 0. The Morgan fingerprint density at radius 1 is 1.00 bits per heavy atom. The summed E-state index contributed by atoms with van der Waals surface area (Å²) in [7, 11) is 0. The minimum absolute atomic E-state index is 0. The fourth-order valence-corrected chi connectivity index (χ4v) is 0. The summed E-state index contributed by atoms with van der Waals surface area (Å²) >= 11 is 0. The number of hydrogen-bond donors (Lipinski definition) is 0. The van der Waals surface area contributed by atoms with Crippen molar-refractivity contribution in [3.8, 4) is 0 Å². The van der Waals surface area contributed by atoms with Crippen molar-refractivity contribution in [1.82, 2.24) is 0 Å². The summed E-state index contributed by atoms with van der Waals surface area (Å²) in [6, 6.07) is 0. The van der Waals surface area contributed by atoms with Gasteiger partial charge in [0.25, 0.3) is 0 Å². The molecule has 0 saturated carbocycles. The minimum Gasteiger partial charge on any atom is -0.153 e. The van der Waals surface area contributed by atoms with Crippen molar-refractivity contribution < 1.29 is 17.1 Å². The maximum atomic E-state index is 0. The van der Waals surface area contributed by atoms with Crippen LogP contribution in [0.15, 0.2) is 0 Å². The quantitative estimate of drug-likeness (QED) is 0.344. The van der Waals surface area contributed by atoms with Crippen LogP contribution in [0.1, 0.15) is 7.43 Å². The fourth-order valence-electron chi connectivity index (χ4n) is 0. The van der Waals surface area contributed by atoms with Crippen LogP contribution in [0.3, 0.4) is 0 Å². The number of hydrogen-bond acceptors (Lipinski definition) is 0. The van der Waals surface area contributed by atoms with E-state index in [9.17, 15) is 0 Å². The van der Waals surface area contributed by atoms with Crippen LogP contribution in [0, 0.1) is 0 Å². The van der Waals surface area contributed by atoms with E-state index >= 15 is 0 Å². The molecule has 0 aliphatic carbocycles. The minimum atomic E-state index is 0. The molecule has 31 valence electrons. The molecule has 5 heavy (non-hydrogen) atoms. The zero-order valence-electron chi connectivity index (χ0n) is 2.14. The Morgan fingerprint density at radius 2 is 1.00 bits per heavy atom. The average molecular weight is 161 g/mol. The van der Waals surface area contributed by atoms with Crippen LogP contribution in [-0.4, -0.2) is 28.3 Å². The molecule has 0 aromatic rings. The largest absolute Gasteiger partial charge is 0.153 e. The maximum absolute atomic E-state index is 0. The van der Waals surface area contributed by atoms with Gasteiger partial charge in [-0.05, 0) is 0 Å². The van der Waals surface area contributed by atoms with Gasteiger partial charge < -0.3 is 0 Å². The van der Waals surface area contributed by atoms with Crippen molar-refractivity contribution in [3.63, 3.8) is 0 Å². The van der Waals surface area contributed by atoms with Crippen molar-refractivity contribution in [2.24, 2.45) is 0 Å². The van der Waals surface area contributed by atoms with Crippen LogP contribution >= 0.6 is 9.90 Å². The molecule has 0 aliphatic heterocycles. The van der Waals surface area contributed by atoms with Crippen molar-refractivity contribution in [3.05, 3.63) is 0 Å². The molecular formula is CH7AlFePSi. The van der Waals surface area contributed by atoms with E-state index in [0.717, 1.165) is 0 Å². The normalized spacial score (nSPS) is 0. The second-order valence-electron chi connectivity index (χ2n) is 0. The van der Waals surface area contributed by atoms with Gasteiger partial charge in [0, 0.05) is 45.4 Å². The van der Waals surface area contributed by atoms with Crippen molar-refractivity contribution >= 4 is 38.2 Å². The Kier molecular flexibility index (Phi) is 657. The van der Waals surface area contributed by atoms with Crippen molar-refractivity contribution in [2.75, 3.05) is 0 Å². The van der Waals surface area contributed by atoms with Gasteiger partial charge in [-0.3, -0.25) is 0 Å². The van der Waals surface area contributed by atoms with Crippen LogP contribution in [0.5, 0.6) is 0 Å². The van der Waals surface area contributed by atoms with E-state index in [-0.39, 0.29) is 62.7 Å². The van der Waals surface area contributed by atoms with Crippen LogP contribution in [0.2, 0.25) is 0 Å². The van der Waals surface area contributed by atoms with Crippen molar-refractivity contribution in [1.29, 1.82) is 0 Å². The molecule has 0 rings (SSSR count). The van der Waals surface area contributed by atoms with Crippen LogP contribution in [0.25, 0.3) is 0 Å². The van der Waals surface area contributed by atoms with Gasteiger partial charge in [-0.1, -0.05) is 7.43 Å². The summed E-state index contributed by atoms with van der Waals surface area (Å²) in [5, 5.41) is 0. The average Bonchev–Trinajstić information content (AvgIpc) is 0. The molecule has 0 aliphatic rings. The molecule has 0 N–H and O–H groups in total. The van der Waals surface area contributed by atoms with E-state index in [4.69, 9.17) is 0 Å². The van der Waals surface area contributed by atoms with E-state index in [1.807, 2.05) is 0 Å². The van der Waals surface area contributed by atoms with Gasteiger partial charge in [0.05, 0.1) is 0 Å². The Hall–Kier alpha value is 1.70. The van der Waals surface area contributed by atoms with E-state index in [0.29, 0.717) is 0 Å². The Morgan fingerprint density at radius 3 is 1.00 bits per heavy atom. The smallest absolute Gasteiger partial charge is 0 e. The molecule has 0 aromatic carbocycles. The zero-order valence-corrected chi connectivity index (χ0v) is 6.81. The summed E-state index contributed by atoms with van der Waals surface area (Å²) < 4.78 is 0. The van der Waals surface area contributed by atoms with Gasteiger partial charge in [-0.2, -0.15) is 9.90 Å². The van der Waals surface area contributed by atoms with E-state index in [1.54, 1.807) is 0 Å². The Labute approximate surface area is 62.7 Å². The molecule has 0 heterocycles. The molecule has 0 aromatic heterocycles. The molecule has 0 bridgehead atoms. The van der Waals surface area contributed by atoms with Gasteiger partial charge in [-0.15, -0.1) is 0 Å². The third kappa shape index (κ3) is 27.0. The van der Waals surface area contributed by atoms with Gasteiger partial charge >= 0.3 is 0 Å². The SMILES string of the molecule is C.P.[Al].[Fe].[Si]. The topological polar surface area (TPSA) is 0 Å². The van der Waals surface area contributed by atoms with Gasteiger partial charge in [0.2, 0.25) is 0 Å². The first-order valence-corrected chi connectivity index (χ1v) is 0. The molecule has 7 radical (unpaired) electrons. The molecule has 4 heteroatoms.